The van der Waals surface area contributed by atoms with Gasteiger partial charge in [0, 0.05) is 24.8 Å². The van der Waals surface area contributed by atoms with Crippen LogP contribution < -0.4 is 10.6 Å². The molecule has 0 aliphatic rings. The highest BCUT2D eigenvalue weighted by Gasteiger charge is 2.23. The summed E-state index contributed by atoms with van der Waals surface area (Å²) in [6, 6.07) is 8.87. The van der Waals surface area contributed by atoms with E-state index in [1.807, 2.05) is 0 Å². The molecule has 0 fully saturated rings. The second-order valence-electron chi connectivity index (χ2n) is 7.20. The van der Waals surface area contributed by atoms with Crippen LogP contribution in [0.15, 0.2) is 41.3 Å². The van der Waals surface area contributed by atoms with Gasteiger partial charge in [0.15, 0.2) is 0 Å². The Morgan fingerprint density at radius 3 is 2.27 bits per heavy atom. The summed E-state index contributed by atoms with van der Waals surface area (Å²) in [5.41, 5.74) is 2.00. The summed E-state index contributed by atoms with van der Waals surface area (Å²) in [6.07, 6.45) is 0. The lowest BCUT2D eigenvalue weighted by Gasteiger charge is -2.21. The van der Waals surface area contributed by atoms with Crippen molar-refractivity contribution < 1.29 is 18.1 Å². The van der Waals surface area contributed by atoms with Crippen LogP contribution in [0, 0.1) is 24.0 Å². The molecule has 0 aliphatic heterocycles. The fourth-order valence-electron chi connectivity index (χ4n) is 2.67. The molecule has 0 spiro atoms. The molecule has 0 atom stereocenters. The third-order valence-electron chi connectivity index (χ3n) is 4.89. The predicted molar refractivity (Wildman–Crippen MR) is 116 cm³/mol. The molecular weight excluding hydrogens is 408 g/mol. The Labute approximate surface area is 176 Å². The zero-order valence-electron chi connectivity index (χ0n) is 17.6. The predicted octanol–water partition coefficient (Wildman–Crippen LogP) is 3.29. The molecule has 0 saturated heterocycles. The summed E-state index contributed by atoms with van der Waals surface area (Å²) in [6.45, 7) is 6.94. The standard InChI is InChI=1S/C20H26N4O5S/c1-13(2)23(5)30(28,29)17-9-7-16(8-10-17)21-12-19(25)22-20-15(4)14(3)6-11-18(20)24(26)27/h6-11,13,21H,12H2,1-5H3,(H,22,25). The minimum absolute atomic E-state index is 0.136. The SMILES string of the molecule is Cc1ccc([N+](=O)[O-])c(NC(=O)CNc2ccc(S(=O)(=O)N(C)C(C)C)cc2)c1C. The molecule has 2 rings (SSSR count). The molecule has 9 nitrogen and oxygen atoms in total. The summed E-state index contributed by atoms with van der Waals surface area (Å²) in [5, 5.41) is 16.7. The van der Waals surface area contributed by atoms with Crippen LogP contribution in [0.4, 0.5) is 17.1 Å². The Hall–Kier alpha value is -2.98. The first-order valence-electron chi connectivity index (χ1n) is 9.31. The zero-order valence-corrected chi connectivity index (χ0v) is 18.4. The lowest BCUT2D eigenvalue weighted by Crippen LogP contribution is -2.33. The largest absolute Gasteiger partial charge is 0.376 e. The molecule has 1 amide bonds. The van der Waals surface area contributed by atoms with E-state index in [2.05, 4.69) is 10.6 Å². The van der Waals surface area contributed by atoms with Crippen molar-refractivity contribution >= 4 is 33.0 Å². The van der Waals surface area contributed by atoms with Gasteiger partial charge in [-0.05, 0) is 63.1 Å². The fraction of sp³-hybridized carbons (Fsp3) is 0.350. The van der Waals surface area contributed by atoms with Crippen molar-refractivity contribution in [2.45, 2.75) is 38.6 Å². The van der Waals surface area contributed by atoms with Crippen molar-refractivity contribution in [2.24, 2.45) is 0 Å². The molecule has 0 aliphatic carbocycles. The Kier molecular flexibility index (Phi) is 7.16. The third kappa shape index (κ3) is 5.14. The van der Waals surface area contributed by atoms with Crippen LogP contribution >= 0.6 is 0 Å². The number of nitro benzene ring substituents is 1. The van der Waals surface area contributed by atoms with Crippen molar-refractivity contribution in [3.63, 3.8) is 0 Å². The van der Waals surface area contributed by atoms with Crippen LogP contribution in [0.5, 0.6) is 0 Å². The molecule has 0 radical (unpaired) electrons. The molecule has 10 heteroatoms. The molecule has 0 saturated carbocycles. The summed E-state index contributed by atoms with van der Waals surface area (Å²) in [4.78, 5) is 23.2. The average Bonchev–Trinajstić information content (AvgIpc) is 2.69. The van der Waals surface area contributed by atoms with Crippen molar-refractivity contribution in [3.05, 3.63) is 57.6 Å². The molecule has 0 aromatic heterocycles. The molecule has 30 heavy (non-hydrogen) atoms. The molecule has 0 bridgehead atoms. The van der Waals surface area contributed by atoms with Gasteiger partial charge in [0.05, 0.1) is 16.4 Å². The molecule has 0 unspecified atom stereocenters. The first-order chi connectivity index (χ1) is 13.9. The fourth-order valence-corrected chi connectivity index (χ4v) is 4.03. The minimum atomic E-state index is -3.59. The van der Waals surface area contributed by atoms with Gasteiger partial charge in [-0.3, -0.25) is 14.9 Å². The zero-order chi connectivity index (χ0) is 22.6. The second-order valence-corrected chi connectivity index (χ2v) is 9.20. The first kappa shape index (κ1) is 23.3. The van der Waals surface area contributed by atoms with E-state index in [1.54, 1.807) is 45.9 Å². The van der Waals surface area contributed by atoms with E-state index in [0.717, 1.165) is 5.56 Å². The van der Waals surface area contributed by atoms with Crippen LogP contribution in [0.2, 0.25) is 0 Å². The Bertz CT molecular complexity index is 1050. The van der Waals surface area contributed by atoms with Crippen LogP contribution in [-0.2, 0) is 14.8 Å². The lowest BCUT2D eigenvalue weighted by molar-refractivity contribution is -0.384. The van der Waals surface area contributed by atoms with Gasteiger partial charge in [0.2, 0.25) is 15.9 Å². The number of hydrogen-bond donors (Lipinski definition) is 2. The monoisotopic (exact) mass is 434 g/mol. The number of anilines is 2. The molecule has 2 N–H and O–H groups in total. The molecule has 162 valence electrons. The third-order valence-corrected chi connectivity index (χ3v) is 6.93. The number of amides is 1. The van der Waals surface area contributed by atoms with E-state index in [1.165, 1.54) is 29.6 Å². The number of nitrogens with one attached hydrogen (secondary N) is 2. The maximum absolute atomic E-state index is 12.5. The van der Waals surface area contributed by atoms with Crippen molar-refractivity contribution in [2.75, 3.05) is 24.2 Å². The summed E-state index contributed by atoms with van der Waals surface area (Å²) in [7, 11) is -2.07. The molecule has 0 heterocycles. The van der Waals surface area contributed by atoms with E-state index in [-0.39, 0.29) is 28.9 Å². The maximum Gasteiger partial charge on any atom is 0.293 e. The number of carbonyl (C=O) groups excluding carboxylic acids is 1. The lowest BCUT2D eigenvalue weighted by atomic mass is 10.1. The second kappa shape index (κ2) is 9.23. The van der Waals surface area contributed by atoms with Crippen LogP contribution in [-0.4, -0.2) is 43.2 Å². The van der Waals surface area contributed by atoms with E-state index in [4.69, 9.17) is 0 Å². The van der Waals surface area contributed by atoms with Gasteiger partial charge in [-0.2, -0.15) is 4.31 Å². The van der Waals surface area contributed by atoms with Crippen LogP contribution in [0.1, 0.15) is 25.0 Å². The highest BCUT2D eigenvalue weighted by Crippen LogP contribution is 2.30. The molecular formula is C20H26N4O5S. The van der Waals surface area contributed by atoms with Crippen LogP contribution in [0.3, 0.4) is 0 Å². The normalized spacial score (nSPS) is 11.6. The van der Waals surface area contributed by atoms with Crippen molar-refractivity contribution in [1.82, 2.24) is 4.31 Å². The van der Waals surface area contributed by atoms with Gasteiger partial charge in [0.25, 0.3) is 5.69 Å². The average molecular weight is 435 g/mol. The molecule has 2 aromatic rings. The number of sulfonamides is 1. The Morgan fingerprint density at radius 2 is 1.73 bits per heavy atom. The van der Waals surface area contributed by atoms with E-state index >= 15 is 0 Å². The minimum Gasteiger partial charge on any atom is -0.376 e. The highest BCUT2D eigenvalue weighted by molar-refractivity contribution is 7.89. The van der Waals surface area contributed by atoms with Crippen molar-refractivity contribution in [1.29, 1.82) is 0 Å². The number of nitrogens with zero attached hydrogens (tertiary/aromatic N) is 2. The van der Waals surface area contributed by atoms with Gasteiger partial charge < -0.3 is 10.6 Å². The maximum atomic E-state index is 12.5. The number of carbonyl (C=O) groups is 1. The highest BCUT2D eigenvalue weighted by atomic mass is 32.2. The number of rotatable bonds is 8. The van der Waals surface area contributed by atoms with E-state index in [0.29, 0.717) is 11.3 Å². The number of aryl methyl sites for hydroxylation is 1. The van der Waals surface area contributed by atoms with Gasteiger partial charge in [-0.1, -0.05) is 6.07 Å². The van der Waals surface area contributed by atoms with Gasteiger partial charge in [0.1, 0.15) is 5.69 Å². The summed E-state index contributed by atoms with van der Waals surface area (Å²) >= 11 is 0. The number of hydrogen-bond acceptors (Lipinski definition) is 6. The number of benzene rings is 2. The first-order valence-corrected chi connectivity index (χ1v) is 10.8. The summed E-state index contributed by atoms with van der Waals surface area (Å²) < 4.78 is 26.3. The Morgan fingerprint density at radius 1 is 1.13 bits per heavy atom. The summed E-state index contributed by atoms with van der Waals surface area (Å²) in [5.74, 6) is -0.456. The van der Waals surface area contributed by atoms with Gasteiger partial charge in [-0.25, -0.2) is 8.42 Å². The number of nitro groups is 1. The van der Waals surface area contributed by atoms with E-state index < -0.39 is 20.9 Å². The van der Waals surface area contributed by atoms with Crippen molar-refractivity contribution in [3.8, 4) is 0 Å². The van der Waals surface area contributed by atoms with E-state index in [9.17, 15) is 23.3 Å². The topological polar surface area (TPSA) is 122 Å². The smallest absolute Gasteiger partial charge is 0.293 e. The quantitative estimate of drug-likeness (QED) is 0.486. The van der Waals surface area contributed by atoms with Crippen LogP contribution in [0.25, 0.3) is 0 Å². The Balaban J connectivity index is 2.08. The van der Waals surface area contributed by atoms with Gasteiger partial charge >= 0.3 is 0 Å². The van der Waals surface area contributed by atoms with Gasteiger partial charge in [-0.15, -0.1) is 0 Å². The molecule has 2 aromatic carbocycles.